The normalized spacial score (nSPS) is 12.2. The predicted octanol–water partition coefficient (Wildman–Crippen LogP) is 3.33. The predicted molar refractivity (Wildman–Crippen MR) is 101 cm³/mol. The molecule has 10 heteroatoms. The third-order valence-corrected chi connectivity index (χ3v) is 4.11. The molecule has 0 spiro atoms. The van der Waals surface area contributed by atoms with Gasteiger partial charge in [0.25, 0.3) is 0 Å². The Morgan fingerprint density at radius 2 is 2.15 bits per heavy atom. The van der Waals surface area contributed by atoms with Crippen molar-refractivity contribution in [3.63, 3.8) is 0 Å². The topological polar surface area (TPSA) is 54.7 Å². The average molecular weight is 448 g/mol. The highest BCUT2D eigenvalue weighted by atomic mass is 79.9. The van der Waals surface area contributed by atoms with Gasteiger partial charge in [0.15, 0.2) is 12.6 Å². The Morgan fingerprint density at radius 1 is 1.41 bits per heavy atom. The van der Waals surface area contributed by atoms with E-state index in [4.69, 9.17) is 0 Å². The Balaban J connectivity index is 1.88. The largest absolute Gasteiger partial charge is 0.468 e. The lowest BCUT2D eigenvalue weighted by molar-refractivity contribution is -0.154. The molecule has 2 aromatic heterocycles. The third kappa shape index (κ3) is 6.78. The van der Waals surface area contributed by atoms with E-state index in [-0.39, 0.29) is 5.88 Å². The summed E-state index contributed by atoms with van der Waals surface area (Å²) in [5.74, 6) is 0.622. The molecule has 0 radical (unpaired) electrons. The minimum absolute atomic E-state index is 0.0631. The number of ether oxygens (including phenoxy) is 1. The van der Waals surface area contributed by atoms with Crippen LogP contribution in [-0.4, -0.2) is 47.3 Å². The fraction of sp³-hybridized carbons (Fsp3) is 0.412. The van der Waals surface area contributed by atoms with Crippen LogP contribution in [0.25, 0.3) is 0 Å². The van der Waals surface area contributed by atoms with Crippen LogP contribution in [0.15, 0.2) is 40.1 Å². The summed E-state index contributed by atoms with van der Waals surface area (Å²) in [6.07, 6.45) is -0.930. The van der Waals surface area contributed by atoms with Crippen molar-refractivity contribution < 1.29 is 17.9 Å². The van der Waals surface area contributed by atoms with Crippen molar-refractivity contribution in [2.75, 3.05) is 20.7 Å². The molecule has 0 aromatic carbocycles. The lowest BCUT2D eigenvalue weighted by Gasteiger charge is -2.22. The molecule has 0 atom stereocenters. The molecule has 0 saturated carbocycles. The van der Waals surface area contributed by atoms with E-state index in [1.54, 1.807) is 13.1 Å². The summed E-state index contributed by atoms with van der Waals surface area (Å²) in [6.45, 7) is -0.269. The maximum atomic E-state index is 12.1. The number of aryl methyl sites for hydroxylation is 1. The summed E-state index contributed by atoms with van der Waals surface area (Å²) in [5.41, 5.74) is 1.91. The van der Waals surface area contributed by atoms with E-state index < -0.39 is 12.8 Å². The van der Waals surface area contributed by atoms with Gasteiger partial charge in [0.2, 0.25) is 5.88 Å². The Hall–Kier alpha value is -2.23. The number of rotatable bonds is 6. The molecule has 0 fully saturated rings. The fourth-order valence-corrected chi connectivity index (χ4v) is 2.94. The number of hydrogen-bond donors (Lipinski definition) is 1. The van der Waals surface area contributed by atoms with Gasteiger partial charge < -0.3 is 19.5 Å². The van der Waals surface area contributed by atoms with Gasteiger partial charge in [0, 0.05) is 56.3 Å². The van der Waals surface area contributed by atoms with Crippen LogP contribution in [0.1, 0.15) is 11.3 Å². The summed E-state index contributed by atoms with van der Waals surface area (Å²) in [5, 5.41) is 3.20. The summed E-state index contributed by atoms with van der Waals surface area (Å²) < 4.78 is 44.1. The summed E-state index contributed by atoms with van der Waals surface area (Å²) >= 11 is 3.45. The van der Waals surface area contributed by atoms with E-state index in [2.05, 4.69) is 36.0 Å². The molecule has 0 aliphatic rings. The molecule has 2 rings (SSSR count). The molecule has 27 heavy (non-hydrogen) atoms. The molecular formula is C17H21BrF3N5O. The zero-order valence-corrected chi connectivity index (χ0v) is 16.8. The van der Waals surface area contributed by atoms with E-state index in [0.29, 0.717) is 19.0 Å². The van der Waals surface area contributed by atoms with Gasteiger partial charge in [-0.3, -0.25) is 4.99 Å². The van der Waals surface area contributed by atoms with Crippen LogP contribution in [0.4, 0.5) is 13.2 Å². The Labute approximate surface area is 164 Å². The van der Waals surface area contributed by atoms with Crippen LogP contribution in [0.2, 0.25) is 0 Å². The van der Waals surface area contributed by atoms with E-state index in [1.807, 2.05) is 35.8 Å². The standard InChI is InChI=1S/C17H21BrF3N5O/c1-22-16(26(3)10-14-6-13(18)9-25(14)2)24-8-12-4-5-15(23-7-12)27-11-17(19,20)21/h4-7,9H,8,10-11H2,1-3H3,(H,22,24). The fourth-order valence-electron chi connectivity index (χ4n) is 2.36. The zero-order valence-electron chi connectivity index (χ0n) is 15.2. The van der Waals surface area contributed by atoms with E-state index in [0.717, 1.165) is 15.7 Å². The van der Waals surface area contributed by atoms with Gasteiger partial charge >= 0.3 is 6.18 Å². The molecule has 0 aliphatic heterocycles. The molecule has 1 N–H and O–H groups in total. The van der Waals surface area contributed by atoms with Gasteiger partial charge in [-0.05, 0) is 27.6 Å². The van der Waals surface area contributed by atoms with Crippen LogP contribution in [0, 0.1) is 0 Å². The second-order valence-electron chi connectivity index (χ2n) is 5.93. The van der Waals surface area contributed by atoms with Gasteiger partial charge in [-0.2, -0.15) is 13.2 Å². The summed E-state index contributed by atoms with van der Waals surface area (Å²) in [6, 6.07) is 5.11. The Bertz CT molecular complexity index is 774. The Kier molecular flexibility index (Phi) is 7.11. The van der Waals surface area contributed by atoms with E-state index in [1.165, 1.54) is 12.3 Å². The molecule has 0 unspecified atom stereocenters. The average Bonchev–Trinajstić information content (AvgIpc) is 2.91. The number of halogens is 4. The number of hydrogen-bond acceptors (Lipinski definition) is 3. The van der Waals surface area contributed by atoms with Crippen molar-refractivity contribution in [1.82, 2.24) is 19.8 Å². The van der Waals surface area contributed by atoms with Crippen LogP contribution in [-0.2, 0) is 20.1 Å². The maximum absolute atomic E-state index is 12.1. The number of alkyl halides is 3. The quantitative estimate of drug-likeness (QED) is 0.544. The first-order valence-corrected chi connectivity index (χ1v) is 8.84. The molecule has 148 valence electrons. The van der Waals surface area contributed by atoms with Crippen molar-refractivity contribution in [3.8, 4) is 5.88 Å². The number of aliphatic imine (C=N–C) groups is 1. The minimum atomic E-state index is -4.38. The second kappa shape index (κ2) is 9.12. The second-order valence-corrected chi connectivity index (χ2v) is 6.84. The molecule has 2 heterocycles. The molecule has 2 aromatic rings. The lowest BCUT2D eigenvalue weighted by atomic mass is 10.3. The highest BCUT2D eigenvalue weighted by molar-refractivity contribution is 9.10. The van der Waals surface area contributed by atoms with E-state index in [9.17, 15) is 13.2 Å². The molecule has 0 saturated heterocycles. The van der Waals surface area contributed by atoms with Crippen molar-refractivity contribution >= 4 is 21.9 Å². The van der Waals surface area contributed by atoms with Crippen LogP contribution >= 0.6 is 15.9 Å². The van der Waals surface area contributed by atoms with Gasteiger partial charge in [-0.15, -0.1) is 0 Å². The number of guanidine groups is 1. The molecule has 0 aliphatic carbocycles. The molecular weight excluding hydrogens is 427 g/mol. The smallest absolute Gasteiger partial charge is 0.422 e. The summed E-state index contributed by atoms with van der Waals surface area (Å²) in [4.78, 5) is 10.1. The first-order valence-electron chi connectivity index (χ1n) is 8.05. The van der Waals surface area contributed by atoms with Crippen LogP contribution in [0.3, 0.4) is 0 Å². The van der Waals surface area contributed by atoms with Crippen LogP contribution in [0.5, 0.6) is 5.88 Å². The van der Waals surface area contributed by atoms with Gasteiger partial charge in [0.1, 0.15) is 0 Å². The number of nitrogens with zero attached hydrogens (tertiary/aromatic N) is 4. The van der Waals surface area contributed by atoms with Gasteiger partial charge in [0.05, 0.1) is 6.54 Å². The maximum Gasteiger partial charge on any atom is 0.422 e. The summed E-state index contributed by atoms with van der Waals surface area (Å²) in [7, 11) is 5.58. The SMILES string of the molecule is CN=C(NCc1ccc(OCC(F)(F)F)nc1)N(C)Cc1cc(Br)cn1C. The highest BCUT2D eigenvalue weighted by Crippen LogP contribution is 2.17. The van der Waals surface area contributed by atoms with E-state index >= 15 is 0 Å². The first-order chi connectivity index (χ1) is 12.7. The number of pyridine rings is 1. The van der Waals surface area contributed by atoms with Crippen LogP contribution < -0.4 is 10.1 Å². The third-order valence-electron chi connectivity index (χ3n) is 3.68. The lowest BCUT2D eigenvalue weighted by Crippen LogP contribution is -2.38. The monoisotopic (exact) mass is 447 g/mol. The van der Waals surface area contributed by atoms with Crippen molar-refractivity contribution in [1.29, 1.82) is 0 Å². The number of nitrogens with one attached hydrogen (secondary N) is 1. The minimum Gasteiger partial charge on any atom is -0.468 e. The van der Waals surface area contributed by atoms with Crippen molar-refractivity contribution in [2.45, 2.75) is 19.3 Å². The van der Waals surface area contributed by atoms with Gasteiger partial charge in [-0.1, -0.05) is 6.07 Å². The number of aromatic nitrogens is 2. The first kappa shape index (κ1) is 21.1. The Morgan fingerprint density at radius 3 is 2.67 bits per heavy atom. The van der Waals surface area contributed by atoms with Gasteiger partial charge in [-0.25, -0.2) is 4.98 Å². The zero-order chi connectivity index (χ0) is 20.0. The molecule has 0 amide bonds. The highest BCUT2D eigenvalue weighted by Gasteiger charge is 2.28. The molecule has 6 nitrogen and oxygen atoms in total. The van der Waals surface area contributed by atoms with Crippen molar-refractivity contribution in [3.05, 3.63) is 46.3 Å². The van der Waals surface area contributed by atoms with Crippen molar-refractivity contribution in [2.24, 2.45) is 12.0 Å². The molecule has 0 bridgehead atoms.